The Hall–Kier alpha value is -2.23. The predicted octanol–water partition coefficient (Wildman–Crippen LogP) is 2.75. The number of hydrogen-bond donors (Lipinski definition) is 2. The van der Waals surface area contributed by atoms with Gasteiger partial charge in [0.15, 0.2) is 0 Å². The molecule has 0 aliphatic carbocycles. The third-order valence-corrected chi connectivity index (χ3v) is 2.71. The molecule has 0 unspecified atom stereocenters. The summed E-state index contributed by atoms with van der Waals surface area (Å²) in [5, 5.41) is 13.6. The van der Waals surface area contributed by atoms with Crippen LogP contribution in [0.4, 0.5) is 0 Å². The van der Waals surface area contributed by atoms with Gasteiger partial charge in [-0.05, 0) is 17.9 Å². The van der Waals surface area contributed by atoms with Crippen LogP contribution in [0.15, 0.2) is 47.6 Å². The van der Waals surface area contributed by atoms with Gasteiger partial charge >= 0.3 is 0 Å². The van der Waals surface area contributed by atoms with E-state index in [2.05, 4.69) is 17.3 Å². The van der Waals surface area contributed by atoms with E-state index in [1.165, 1.54) is 0 Å². The molecule has 3 N–H and O–H groups in total. The number of nitrogens with zero attached hydrogens (tertiary/aromatic N) is 1. The van der Waals surface area contributed by atoms with Crippen molar-refractivity contribution < 1.29 is 9.94 Å². The average Bonchev–Trinajstić information content (AvgIpc) is 2.43. The van der Waals surface area contributed by atoms with E-state index in [1.807, 2.05) is 30.3 Å². The molecule has 0 fully saturated rings. The van der Waals surface area contributed by atoms with E-state index in [4.69, 9.17) is 15.7 Å². The van der Waals surface area contributed by atoms with Gasteiger partial charge in [-0.1, -0.05) is 41.6 Å². The summed E-state index contributed by atoms with van der Waals surface area (Å²) in [7, 11) is 0. The number of fused-ring (bicyclic) bond motifs is 1. The fourth-order valence-electron chi connectivity index (χ4n) is 1.81. The lowest BCUT2D eigenvalue weighted by Crippen LogP contribution is -2.12. The largest absolute Gasteiger partial charge is 0.493 e. The van der Waals surface area contributed by atoms with Crippen LogP contribution in [0.3, 0.4) is 0 Å². The van der Waals surface area contributed by atoms with Crippen molar-refractivity contribution in [3.05, 3.63) is 42.5 Å². The average molecular weight is 244 g/mol. The quantitative estimate of drug-likeness (QED) is 0.279. The van der Waals surface area contributed by atoms with Crippen LogP contribution in [0.25, 0.3) is 10.8 Å². The molecular weight excluding hydrogens is 228 g/mol. The Balaban J connectivity index is 1.99. The smallest absolute Gasteiger partial charge is 0.139 e. The first-order valence-electron chi connectivity index (χ1n) is 5.88. The van der Waals surface area contributed by atoms with Gasteiger partial charge in [-0.3, -0.25) is 0 Å². The van der Waals surface area contributed by atoms with Crippen LogP contribution < -0.4 is 10.5 Å². The maximum absolute atomic E-state index is 8.41. The minimum atomic E-state index is 0.233. The van der Waals surface area contributed by atoms with Gasteiger partial charge in [-0.15, -0.1) is 0 Å². The van der Waals surface area contributed by atoms with Crippen molar-refractivity contribution in [1.82, 2.24) is 0 Å². The van der Waals surface area contributed by atoms with Crippen molar-refractivity contribution in [1.29, 1.82) is 0 Å². The SMILES string of the molecule is N/C(CCCOc1cccc2ccccc12)=N/O. The summed E-state index contributed by atoms with van der Waals surface area (Å²) in [5.74, 6) is 1.10. The molecule has 2 rings (SSSR count). The van der Waals surface area contributed by atoms with E-state index in [1.54, 1.807) is 0 Å². The molecule has 4 nitrogen and oxygen atoms in total. The molecule has 0 heterocycles. The van der Waals surface area contributed by atoms with Gasteiger partial charge in [-0.25, -0.2) is 0 Å². The molecule has 0 spiro atoms. The minimum Gasteiger partial charge on any atom is -0.493 e. The molecule has 0 aliphatic heterocycles. The van der Waals surface area contributed by atoms with Crippen molar-refractivity contribution >= 4 is 16.6 Å². The second-order valence-corrected chi connectivity index (χ2v) is 4.02. The minimum absolute atomic E-state index is 0.233. The Morgan fingerprint density at radius 1 is 1.17 bits per heavy atom. The van der Waals surface area contributed by atoms with Crippen LogP contribution in [0.5, 0.6) is 5.75 Å². The number of amidine groups is 1. The summed E-state index contributed by atoms with van der Waals surface area (Å²) in [6.07, 6.45) is 1.25. The Labute approximate surface area is 106 Å². The zero-order chi connectivity index (χ0) is 12.8. The van der Waals surface area contributed by atoms with Crippen molar-refractivity contribution in [3.8, 4) is 5.75 Å². The number of oxime groups is 1. The number of ether oxygens (including phenoxy) is 1. The maximum Gasteiger partial charge on any atom is 0.139 e. The lowest BCUT2D eigenvalue weighted by Gasteiger charge is -2.08. The van der Waals surface area contributed by atoms with Crippen LogP contribution >= 0.6 is 0 Å². The monoisotopic (exact) mass is 244 g/mol. The summed E-state index contributed by atoms with van der Waals surface area (Å²) < 4.78 is 5.72. The summed E-state index contributed by atoms with van der Waals surface area (Å²) in [5.41, 5.74) is 5.39. The maximum atomic E-state index is 8.41. The van der Waals surface area contributed by atoms with Crippen LogP contribution in [0, 0.1) is 0 Å². The Kier molecular flexibility index (Phi) is 4.02. The second-order valence-electron chi connectivity index (χ2n) is 4.02. The molecule has 0 aliphatic rings. The number of hydrogen-bond acceptors (Lipinski definition) is 3. The van der Waals surface area contributed by atoms with Crippen molar-refractivity contribution in [2.45, 2.75) is 12.8 Å². The molecule has 0 saturated heterocycles. The first kappa shape index (κ1) is 12.2. The number of nitrogens with two attached hydrogens (primary N) is 1. The summed E-state index contributed by atoms with van der Waals surface area (Å²) in [6.45, 7) is 0.546. The standard InChI is InChI=1S/C14H16N2O2/c15-14(16-17)9-4-10-18-13-8-3-6-11-5-1-2-7-12(11)13/h1-3,5-8,17H,4,9-10H2,(H2,15,16). The number of benzene rings is 2. The Bertz CT molecular complexity index is 547. The van der Waals surface area contributed by atoms with Gasteiger partial charge in [0.2, 0.25) is 0 Å². The van der Waals surface area contributed by atoms with E-state index in [9.17, 15) is 0 Å². The molecule has 18 heavy (non-hydrogen) atoms. The zero-order valence-corrected chi connectivity index (χ0v) is 10.0. The Morgan fingerprint density at radius 2 is 1.94 bits per heavy atom. The van der Waals surface area contributed by atoms with E-state index < -0.39 is 0 Å². The lowest BCUT2D eigenvalue weighted by atomic mass is 10.1. The van der Waals surface area contributed by atoms with Gasteiger partial charge in [0.1, 0.15) is 11.6 Å². The fraction of sp³-hybridized carbons (Fsp3) is 0.214. The highest BCUT2D eigenvalue weighted by molar-refractivity contribution is 5.88. The van der Waals surface area contributed by atoms with E-state index in [0.717, 1.165) is 22.9 Å². The van der Waals surface area contributed by atoms with Crippen molar-refractivity contribution in [2.75, 3.05) is 6.61 Å². The van der Waals surface area contributed by atoms with Gasteiger partial charge in [0, 0.05) is 11.8 Å². The summed E-state index contributed by atoms with van der Waals surface area (Å²) in [4.78, 5) is 0. The third-order valence-electron chi connectivity index (χ3n) is 2.71. The van der Waals surface area contributed by atoms with E-state index in [0.29, 0.717) is 13.0 Å². The predicted molar refractivity (Wildman–Crippen MR) is 72.1 cm³/mol. The lowest BCUT2D eigenvalue weighted by molar-refractivity contribution is 0.307. The first-order chi connectivity index (χ1) is 8.81. The highest BCUT2D eigenvalue weighted by Gasteiger charge is 2.01. The molecule has 0 amide bonds. The number of rotatable bonds is 5. The second kappa shape index (κ2) is 5.91. The highest BCUT2D eigenvalue weighted by Crippen LogP contribution is 2.25. The zero-order valence-electron chi connectivity index (χ0n) is 10.0. The topological polar surface area (TPSA) is 67.8 Å². The first-order valence-corrected chi connectivity index (χ1v) is 5.88. The van der Waals surface area contributed by atoms with E-state index in [-0.39, 0.29) is 5.84 Å². The van der Waals surface area contributed by atoms with Gasteiger partial charge < -0.3 is 15.7 Å². The van der Waals surface area contributed by atoms with E-state index >= 15 is 0 Å². The Morgan fingerprint density at radius 3 is 2.78 bits per heavy atom. The molecule has 2 aromatic carbocycles. The molecule has 94 valence electrons. The molecule has 0 radical (unpaired) electrons. The van der Waals surface area contributed by atoms with Crippen molar-refractivity contribution in [3.63, 3.8) is 0 Å². The van der Waals surface area contributed by atoms with Crippen molar-refractivity contribution in [2.24, 2.45) is 10.9 Å². The van der Waals surface area contributed by atoms with Gasteiger partial charge in [0.25, 0.3) is 0 Å². The normalized spacial score (nSPS) is 11.7. The van der Waals surface area contributed by atoms with Gasteiger partial charge in [0.05, 0.1) is 6.61 Å². The molecule has 0 aromatic heterocycles. The van der Waals surface area contributed by atoms with Gasteiger partial charge in [-0.2, -0.15) is 0 Å². The molecule has 0 atom stereocenters. The highest BCUT2D eigenvalue weighted by atomic mass is 16.5. The molecule has 4 heteroatoms. The van der Waals surface area contributed by atoms with Crippen LogP contribution in [0.1, 0.15) is 12.8 Å². The van der Waals surface area contributed by atoms with Crippen LogP contribution in [-0.4, -0.2) is 17.6 Å². The summed E-state index contributed by atoms with van der Waals surface area (Å²) >= 11 is 0. The summed E-state index contributed by atoms with van der Waals surface area (Å²) in [6, 6.07) is 14.1. The third kappa shape index (κ3) is 2.91. The molecular formula is C14H16N2O2. The fourth-order valence-corrected chi connectivity index (χ4v) is 1.81. The van der Waals surface area contributed by atoms with Crippen LogP contribution in [-0.2, 0) is 0 Å². The van der Waals surface area contributed by atoms with Crippen LogP contribution in [0.2, 0.25) is 0 Å². The molecule has 0 saturated carbocycles. The molecule has 0 bridgehead atoms. The molecule has 2 aromatic rings.